The summed E-state index contributed by atoms with van der Waals surface area (Å²) in [5.41, 5.74) is 1.60. The topological polar surface area (TPSA) is 79.1 Å². The van der Waals surface area contributed by atoms with Gasteiger partial charge in [-0.25, -0.2) is 9.79 Å². The highest BCUT2D eigenvalue weighted by atomic mass is 79.9. The molecule has 0 unspecified atom stereocenters. The molecule has 2 heterocycles. The minimum absolute atomic E-state index is 0.231. The van der Waals surface area contributed by atoms with E-state index in [2.05, 4.69) is 27.5 Å². The van der Waals surface area contributed by atoms with Crippen LogP contribution in [-0.4, -0.2) is 31.4 Å². The summed E-state index contributed by atoms with van der Waals surface area (Å²) in [6.45, 7) is 5.72. The van der Waals surface area contributed by atoms with Crippen LogP contribution in [0.25, 0.3) is 6.08 Å². The van der Waals surface area contributed by atoms with Crippen LogP contribution in [0.3, 0.4) is 0 Å². The Morgan fingerprint density at radius 2 is 2.00 bits per heavy atom. The van der Waals surface area contributed by atoms with Crippen LogP contribution in [0.5, 0.6) is 11.5 Å². The standard InChI is InChI=1S/C26H22BrClN2O5S/c1-5-10-35-19-8-6-16(27)11-15(19)12-21-24(31)30-23(18-13-17(28)7-9-20(18)33-3)22(25(32)34-4)14(2)29-26(30)36-21/h5-9,11-13,23H,1,10H2,2-4H3/b21-12-/t23-/m1/s1. The molecule has 0 saturated heterocycles. The molecule has 10 heteroatoms. The molecule has 0 radical (unpaired) electrons. The van der Waals surface area contributed by atoms with Gasteiger partial charge in [0.2, 0.25) is 0 Å². The van der Waals surface area contributed by atoms with Gasteiger partial charge in [0.15, 0.2) is 4.80 Å². The zero-order chi connectivity index (χ0) is 26.0. The number of thiazole rings is 1. The summed E-state index contributed by atoms with van der Waals surface area (Å²) in [6, 6.07) is 9.74. The number of carbonyl (C=O) groups excluding carboxylic acids is 1. The molecule has 36 heavy (non-hydrogen) atoms. The normalized spacial score (nSPS) is 15.2. The monoisotopic (exact) mass is 588 g/mol. The lowest BCUT2D eigenvalue weighted by atomic mass is 9.95. The van der Waals surface area contributed by atoms with Crippen molar-refractivity contribution in [1.29, 1.82) is 0 Å². The minimum atomic E-state index is -0.844. The Bertz CT molecular complexity index is 1570. The number of allylic oxidation sites excluding steroid dienone is 1. The van der Waals surface area contributed by atoms with Gasteiger partial charge in [0.05, 0.1) is 30.0 Å². The molecule has 0 aliphatic carbocycles. The molecule has 1 aliphatic rings. The molecule has 186 valence electrons. The predicted molar refractivity (Wildman–Crippen MR) is 144 cm³/mol. The molecule has 3 aromatic rings. The lowest BCUT2D eigenvalue weighted by Crippen LogP contribution is -2.40. The number of hydrogen-bond donors (Lipinski definition) is 0. The fourth-order valence-corrected chi connectivity index (χ4v) is 5.56. The number of benzene rings is 2. The Morgan fingerprint density at radius 1 is 1.25 bits per heavy atom. The molecule has 0 saturated carbocycles. The van der Waals surface area contributed by atoms with Crippen LogP contribution in [0.4, 0.5) is 0 Å². The van der Waals surface area contributed by atoms with Gasteiger partial charge < -0.3 is 14.2 Å². The van der Waals surface area contributed by atoms with Crippen molar-refractivity contribution in [1.82, 2.24) is 4.57 Å². The second-order valence-corrected chi connectivity index (χ2v) is 10.1. The fourth-order valence-electron chi connectivity index (χ4n) is 3.96. The first-order valence-electron chi connectivity index (χ1n) is 10.8. The molecule has 1 aromatic heterocycles. The molecule has 4 rings (SSSR count). The van der Waals surface area contributed by atoms with Crippen molar-refractivity contribution in [2.45, 2.75) is 13.0 Å². The maximum atomic E-state index is 13.8. The Labute approximate surface area is 224 Å². The van der Waals surface area contributed by atoms with Crippen LogP contribution in [0.1, 0.15) is 24.1 Å². The van der Waals surface area contributed by atoms with E-state index >= 15 is 0 Å². The van der Waals surface area contributed by atoms with Crippen LogP contribution in [0.15, 0.2) is 74.6 Å². The van der Waals surface area contributed by atoms with Crippen molar-refractivity contribution in [2.24, 2.45) is 4.99 Å². The summed E-state index contributed by atoms with van der Waals surface area (Å²) >= 11 is 11.0. The number of halogens is 2. The van der Waals surface area contributed by atoms with E-state index in [9.17, 15) is 9.59 Å². The zero-order valence-corrected chi connectivity index (χ0v) is 22.9. The van der Waals surface area contributed by atoms with E-state index in [1.165, 1.54) is 30.1 Å². The lowest BCUT2D eigenvalue weighted by molar-refractivity contribution is -0.136. The highest BCUT2D eigenvalue weighted by Gasteiger charge is 2.35. The van der Waals surface area contributed by atoms with Crippen molar-refractivity contribution < 1.29 is 19.0 Å². The Hall–Kier alpha value is -3.14. The number of methoxy groups -OCH3 is 2. The highest BCUT2D eigenvalue weighted by Crippen LogP contribution is 2.37. The number of hydrogen-bond acceptors (Lipinski definition) is 7. The van der Waals surface area contributed by atoms with Crippen LogP contribution >= 0.6 is 38.9 Å². The number of fused-ring (bicyclic) bond motifs is 1. The summed E-state index contributed by atoms with van der Waals surface area (Å²) in [6.07, 6.45) is 3.39. The molecule has 0 fully saturated rings. The molecule has 1 atom stereocenters. The van der Waals surface area contributed by atoms with Crippen molar-refractivity contribution >= 4 is 50.9 Å². The van der Waals surface area contributed by atoms with E-state index in [4.69, 9.17) is 25.8 Å². The number of nitrogens with zero attached hydrogens (tertiary/aromatic N) is 2. The highest BCUT2D eigenvalue weighted by molar-refractivity contribution is 9.10. The summed E-state index contributed by atoms with van der Waals surface area (Å²) < 4.78 is 19.1. The summed E-state index contributed by atoms with van der Waals surface area (Å²) in [5, 5.41) is 0.435. The van der Waals surface area contributed by atoms with Crippen molar-refractivity contribution in [3.05, 3.63) is 101 Å². The van der Waals surface area contributed by atoms with Gasteiger partial charge in [-0.1, -0.05) is 51.5 Å². The van der Waals surface area contributed by atoms with Gasteiger partial charge in [0.1, 0.15) is 24.1 Å². The van der Waals surface area contributed by atoms with E-state index in [-0.39, 0.29) is 11.1 Å². The van der Waals surface area contributed by atoms with Crippen LogP contribution in [0, 0.1) is 0 Å². The third-order valence-corrected chi connectivity index (χ3v) is 7.24. The Kier molecular flexibility index (Phi) is 7.82. The van der Waals surface area contributed by atoms with Gasteiger partial charge in [-0.15, -0.1) is 0 Å². The summed E-state index contributed by atoms with van der Waals surface area (Å²) in [7, 11) is 2.81. The molecule has 2 aromatic carbocycles. The maximum Gasteiger partial charge on any atom is 0.338 e. The van der Waals surface area contributed by atoms with Crippen molar-refractivity contribution in [3.8, 4) is 11.5 Å². The van der Waals surface area contributed by atoms with Crippen LogP contribution in [0.2, 0.25) is 5.02 Å². The number of esters is 1. The predicted octanol–water partition coefficient (Wildman–Crippen LogP) is 4.40. The number of aromatic nitrogens is 1. The van der Waals surface area contributed by atoms with Gasteiger partial charge in [0, 0.05) is 20.6 Å². The van der Waals surface area contributed by atoms with Crippen molar-refractivity contribution in [3.63, 3.8) is 0 Å². The SMILES string of the molecule is C=CCOc1ccc(Br)cc1/C=c1\sc2n(c1=O)[C@H](c1cc(Cl)ccc1OC)C(C(=O)OC)=C(C)N=2. The number of rotatable bonds is 7. The maximum absolute atomic E-state index is 13.8. The van der Waals surface area contributed by atoms with Gasteiger partial charge in [-0.3, -0.25) is 9.36 Å². The second-order valence-electron chi connectivity index (χ2n) is 7.74. The van der Waals surface area contributed by atoms with E-state index in [0.29, 0.717) is 49.3 Å². The van der Waals surface area contributed by atoms with Gasteiger partial charge in [-0.2, -0.15) is 0 Å². The number of ether oxygens (including phenoxy) is 3. The smallest absolute Gasteiger partial charge is 0.338 e. The van der Waals surface area contributed by atoms with E-state index < -0.39 is 12.0 Å². The average Bonchev–Trinajstić information content (AvgIpc) is 3.16. The van der Waals surface area contributed by atoms with Gasteiger partial charge in [-0.05, 0) is 49.4 Å². The van der Waals surface area contributed by atoms with E-state index in [0.717, 1.165) is 4.47 Å². The molecule has 0 amide bonds. The molecular weight excluding hydrogens is 568 g/mol. The average molecular weight is 590 g/mol. The largest absolute Gasteiger partial charge is 0.496 e. The molecular formula is C26H22BrClN2O5S. The zero-order valence-electron chi connectivity index (χ0n) is 19.7. The quantitative estimate of drug-likeness (QED) is 0.302. The fraction of sp³-hybridized carbons (Fsp3) is 0.192. The first-order valence-corrected chi connectivity index (χ1v) is 12.7. The van der Waals surface area contributed by atoms with E-state index in [1.54, 1.807) is 37.3 Å². The molecule has 7 nitrogen and oxygen atoms in total. The summed E-state index contributed by atoms with van der Waals surface area (Å²) in [4.78, 5) is 31.7. The van der Waals surface area contributed by atoms with Crippen LogP contribution in [-0.2, 0) is 9.53 Å². The van der Waals surface area contributed by atoms with Crippen molar-refractivity contribution in [2.75, 3.05) is 20.8 Å². The molecule has 0 bridgehead atoms. The van der Waals surface area contributed by atoms with Gasteiger partial charge >= 0.3 is 5.97 Å². The first kappa shape index (κ1) is 25.9. The van der Waals surface area contributed by atoms with E-state index in [1.807, 2.05) is 18.2 Å². The van der Waals surface area contributed by atoms with Gasteiger partial charge in [0.25, 0.3) is 5.56 Å². The summed E-state index contributed by atoms with van der Waals surface area (Å²) in [5.74, 6) is 0.482. The lowest BCUT2D eigenvalue weighted by Gasteiger charge is -2.25. The first-order chi connectivity index (χ1) is 17.3. The second kappa shape index (κ2) is 10.9. The minimum Gasteiger partial charge on any atom is -0.496 e. The molecule has 0 spiro atoms. The van der Waals surface area contributed by atoms with Crippen LogP contribution < -0.4 is 24.4 Å². The Balaban J connectivity index is 2.00. The third-order valence-electron chi connectivity index (χ3n) is 5.53. The molecule has 1 aliphatic heterocycles. The Morgan fingerprint density at radius 3 is 2.69 bits per heavy atom. The number of carbonyl (C=O) groups is 1. The third kappa shape index (κ3) is 4.91. The molecule has 0 N–H and O–H groups in total.